The number of anilines is 5. The smallest absolute Gasteiger partial charge is 0.252 e. The zero-order valence-corrected chi connectivity index (χ0v) is 38.4. The predicted octanol–water partition coefficient (Wildman–Crippen LogP) is 14.3. The highest BCUT2D eigenvalue weighted by Crippen LogP contribution is 2.47. The first-order valence-corrected chi connectivity index (χ1v) is 26.3. The van der Waals surface area contributed by atoms with Crippen LogP contribution in [0.15, 0.2) is 78.5 Å². The van der Waals surface area contributed by atoms with Crippen LogP contribution < -0.4 is 26.2 Å². The first-order chi connectivity index (χ1) is 30.7. The molecule has 322 valence electrons. The van der Waals surface area contributed by atoms with Gasteiger partial charge in [0, 0.05) is 34.1 Å². The van der Waals surface area contributed by atoms with Gasteiger partial charge >= 0.3 is 0 Å². The van der Waals surface area contributed by atoms with E-state index < -0.39 is 0 Å². The van der Waals surface area contributed by atoms with Gasteiger partial charge in [-0.15, -0.1) is 0 Å². The number of hydrogen-bond acceptors (Lipinski definition) is 2. The number of aryl methyl sites for hydroxylation is 7. The number of nitrogens with zero attached hydrogens (tertiary/aromatic N) is 2. The van der Waals surface area contributed by atoms with Gasteiger partial charge in [0.2, 0.25) is 0 Å². The fraction of sp³-hybridized carbons (Fsp3) is 0.525. The third-order valence-electron chi connectivity index (χ3n) is 16.8. The second kappa shape index (κ2) is 18.3. The molecule has 0 amide bonds. The van der Waals surface area contributed by atoms with Crippen molar-refractivity contribution in [1.82, 2.24) is 0 Å². The van der Waals surface area contributed by atoms with E-state index >= 15 is 0 Å². The molecule has 62 heavy (non-hydrogen) atoms. The summed E-state index contributed by atoms with van der Waals surface area (Å²) in [5.41, 5.74) is 24.3. The normalized spacial score (nSPS) is 23.0. The molecule has 0 aromatic heterocycles. The van der Waals surface area contributed by atoms with Crippen LogP contribution in [0.2, 0.25) is 0 Å². The molecular weight excluding hydrogens is 747 g/mol. The van der Waals surface area contributed by atoms with Gasteiger partial charge in [-0.05, 0) is 206 Å². The van der Waals surface area contributed by atoms with Crippen molar-refractivity contribution in [2.75, 3.05) is 9.80 Å². The maximum Gasteiger partial charge on any atom is 0.252 e. The maximum absolute atomic E-state index is 2.80. The highest BCUT2D eigenvalue weighted by Gasteiger charge is 2.45. The van der Waals surface area contributed by atoms with E-state index in [0.717, 1.165) is 0 Å². The van der Waals surface area contributed by atoms with Crippen molar-refractivity contribution in [1.29, 1.82) is 0 Å². The molecule has 0 N–H and O–H groups in total. The van der Waals surface area contributed by atoms with Crippen molar-refractivity contribution in [3.63, 3.8) is 0 Å². The Bertz CT molecular complexity index is 2350. The van der Waals surface area contributed by atoms with Crippen molar-refractivity contribution in [2.24, 2.45) is 11.8 Å². The summed E-state index contributed by atoms with van der Waals surface area (Å²) in [4.78, 5) is 5.58. The quantitative estimate of drug-likeness (QED) is 0.164. The molecule has 1 fully saturated rings. The van der Waals surface area contributed by atoms with E-state index in [1.165, 1.54) is 225 Å². The average Bonchev–Trinajstić information content (AvgIpc) is 3.60. The van der Waals surface area contributed by atoms with Crippen molar-refractivity contribution >= 4 is 51.5 Å². The maximum atomic E-state index is 2.80. The van der Waals surface area contributed by atoms with Crippen LogP contribution in [0.5, 0.6) is 0 Å². The van der Waals surface area contributed by atoms with Gasteiger partial charge in [0.1, 0.15) is 0 Å². The van der Waals surface area contributed by atoms with Crippen molar-refractivity contribution < 1.29 is 0 Å². The third-order valence-corrected chi connectivity index (χ3v) is 16.8. The van der Waals surface area contributed by atoms with E-state index in [4.69, 9.17) is 0 Å². The van der Waals surface area contributed by atoms with Crippen LogP contribution in [0.3, 0.4) is 0 Å². The van der Waals surface area contributed by atoms with Crippen molar-refractivity contribution in [3.05, 3.63) is 117 Å². The minimum atomic E-state index is 0.215. The number of allylic oxidation sites excluding steroid dienone is 3. The third kappa shape index (κ3) is 7.96. The summed E-state index contributed by atoms with van der Waals surface area (Å²) in [6.45, 7) is 2.60. The van der Waals surface area contributed by atoms with Crippen LogP contribution in [0, 0.1) is 18.8 Å². The van der Waals surface area contributed by atoms with Crippen LogP contribution in [0.4, 0.5) is 28.4 Å². The summed E-state index contributed by atoms with van der Waals surface area (Å²) in [6, 6.07) is 23.8. The van der Waals surface area contributed by atoms with Gasteiger partial charge in [-0.1, -0.05) is 120 Å². The molecule has 2 nitrogen and oxygen atoms in total. The summed E-state index contributed by atoms with van der Waals surface area (Å²) in [6.07, 6.45) is 45.1. The standard InChI is InChI=1S/C59H73BN2/c1-42-34-57-59-58(35-42)62(52-33-31-44-23-15-7-3-9-17-25-46(44)37-52)56-41-50-29-21-13-5-11-19-27-48(50)39-54(56)60(59)53-38-47-26-18-10-4-12-20-28-49(47)40-55(53)61(57)51-32-30-43-22-14-6-2-8-16-24-45(43)36-51/h30-41,43,45H,2-29H2,1H3. The van der Waals surface area contributed by atoms with E-state index in [-0.39, 0.29) is 6.71 Å². The molecule has 2 heterocycles. The number of fused-ring (bicyclic) bond motifs is 8. The molecule has 4 aromatic carbocycles. The Hall–Kier alpha value is -3.98. The molecule has 7 aliphatic rings. The van der Waals surface area contributed by atoms with Gasteiger partial charge in [-0.3, -0.25) is 0 Å². The van der Waals surface area contributed by atoms with E-state index in [2.05, 4.69) is 89.5 Å². The number of benzene rings is 4. The number of hydrogen-bond donors (Lipinski definition) is 0. The highest BCUT2D eigenvalue weighted by molar-refractivity contribution is 7.00. The van der Waals surface area contributed by atoms with Crippen LogP contribution >= 0.6 is 0 Å². The lowest BCUT2D eigenvalue weighted by Gasteiger charge is -2.46. The summed E-state index contributed by atoms with van der Waals surface area (Å²) in [5, 5.41) is 0. The Labute approximate surface area is 375 Å². The van der Waals surface area contributed by atoms with Gasteiger partial charge < -0.3 is 9.80 Å². The Morgan fingerprint density at radius 1 is 0.419 bits per heavy atom. The lowest BCUT2D eigenvalue weighted by Crippen LogP contribution is -2.62. The first kappa shape index (κ1) is 40.8. The molecule has 1 saturated carbocycles. The Morgan fingerprint density at radius 3 is 1.45 bits per heavy atom. The van der Waals surface area contributed by atoms with Gasteiger partial charge in [0.25, 0.3) is 6.71 Å². The average molecular weight is 821 g/mol. The predicted molar refractivity (Wildman–Crippen MR) is 267 cm³/mol. The minimum Gasteiger partial charge on any atom is -0.312 e. The first-order valence-electron chi connectivity index (χ1n) is 26.3. The summed E-state index contributed by atoms with van der Waals surface area (Å²) < 4.78 is 0. The molecule has 2 unspecified atom stereocenters. The molecule has 5 aliphatic carbocycles. The van der Waals surface area contributed by atoms with Gasteiger partial charge in [0.15, 0.2) is 0 Å². The van der Waals surface area contributed by atoms with Crippen molar-refractivity contribution in [2.45, 2.75) is 187 Å². The van der Waals surface area contributed by atoms with Gasteiger partial charge in [-0.25, -0.2) is 0 Å². The Morgan fingerprint density at radius 2 is 0.871 bits per heavy atom. The van der Waals surface area contributed by atoms with E-state index in [1.807, 2.05) is 0 Å². The lowest BCUT2D eigenvalue weighted by molar-refractivity contribution is 0.406. The van der Waals surface area contributed by atoms with Gasteiger partial charge in [0.05, 0.1) is 0 Å². The SMILES string of the molecule is Cc1cc2c3c(c1)N(c1ccc4c(c1)CCCCCCC4)c1cc4c(cc1B3c1cc3c(cc1N2C1=CC2CCCCCCCC2C=C1)CCCCCCC3)CCCCCCC4. The molecule has 0 bridgehead atoms. The molecule has 11 rings (SSSR count). The zero-order valence-electron chi connectivity index (χ0n) is 38.4. The topological polar surface area (TPSA) is 6.48 Å². The molecule has 0 spiro atoms. The number of rotatable bonds is 2. The fourth-order valence-corrected chi connectivity index (χ4v) is 13.4. The molecule has 3 heteroatoms. The Balaban J connectivity index is 1.15. The van der Waals surface area contributed by atoms with Gasteiger partial charge in [-0.2, -0.15) is 0 Å². The van der Waals surface area contributed by atoms with Crippen LogP contribution in [0.1, 0.15) is 180 Å². The monoisotopic (exact) mass is 821 g/mol. The van der Waals surface area contributed by atoms with Crippen molar-refractivity contribution in [3.8, 4) is 0 Å². The lowest BCUT2D eigenvalue weighted by atomic mass is 9.33. The van der Waals surface area contributed by atoms with Crippen LogP contribution in [-0.4, -0.2) is 6.71 Å². The minimum absolute atomic E-state index is 0.215. The molecule has 2 atom stereocenters. The summed E-state index contributed by atoms with van der Waals surface area (Å²) in [5.74, 6) is 1.30. The van der Waals surface area contributed by atoms with Crippen LogP contribution in [0.25, 0.3) is 0 Å². The fourth-order valence-electron chi connectivity index (χ4n) is 13.4. The second-order valence-corrected chi connectivity index (χ2v) is 21.1. The molecular formula is C59H73BN2. The second-order valence-electron chi connectivity index (χ2n) is 21.1. The van der Waals surface area contributed by atoms with E-state index in [1.54, 1.807) is 44.3 Å². The van der Waals surface area contributed by atoms with Crippen LogP contribution in [-0.2, 0) is 38.5 Å². The molecule has 2 aliphatic heterocycles. The summed E-state index contributed by atoms with van der Waals surface area (Å²) in [7, 11) is 0. The highest BCUT2D eigenvalue weighted by atomic mass is 15.2. The molecule has 0 radical (unpaired) electrons. The van der Waals surface area contributed by atoms with E-state index in [0.29, 0.717) is 11.8 Å². The Kier molecular flexibility index (Phi) is 12.0. The molecule has 0 saturated heterocycles. The van der Waals surface area contributed by atoms with E-state index in [9.17, 15) is 0 Å². The zero-order chi connectivity index (χ0) is 41.4. The summed E-state index contributed by atoms with van der Waals surface area (Å²) >= 11 is 0. The molecule has 4 aromatic rings. The largest absolute Gasteiger partial charge is 0.312 e.